The number of ether oxygens (including phenoxy) is 3. The van der Waals surface area contributed by atoms with Gasteiger partial charge >= 0.3 is 5.91 Å². The number of aliphatic hydroxyl groups excluding tert-OH is 1. The number of hydrogen-bond donors (Lipinski definition) is 1. The van der Waals surface area contributed by atoms with E-state index in [1.165, 1.54) is 16.2 Å². The number of Topliss-reactive ketones (excluding diaryl/α,β-unsaturated/α-hetero) is 1. The third kappa shape index (κ3) is 5.09. The SMILES string of the molecule is CCOc1cc([C@@H]2C(=C(O)c3ccc4c(c3)C[C@H](C)O4)C(=O)C(=O)N2c2nnc(C)s2)ccc1OCc1ccccc1. The fraction of sp³-hybridized carbons (Fsp3) is 0.250. The lowest BCUT2D eigenvalue weighted by Crippen LogP contribution is -2.29. The van der Waals surface area contributed by atoms with Crippen LogP contribution in [0.25, 0.3) is 5.76 Å². The third-order valence-electron chi connectivity index (χ3n) is 7.16. The minimum atomic E-state index is -0.969. The highest BCUT2D eigenvalue weighted by Crippen LogP contribution is 2.45. The first-order valence-corrected chi connectivity index (χ1v) is 14.5. The van der Waals surface area contributed by atoms with Crippen molar-refractivity contribution in [1.29, 1.82) is 0 Å². The second-order valence-electron chi connectivity index (χ2n) is 10.1. The van der Waals surface area contributed by atoms with E-state index in [9.17, 15) is 14.7 Å². The summed E-state index contributed by atoms with van der Waals surface area (Å²) in [6, 6.07) is 19.3. The average Bonchev–Trinajstić information content (AvgIpc) is 3.66. The molecule has 0 spiro atoms. The highest BCUT2D eigenvalue weighted by molar-refractivity contribution is 7.15. The number of carbonyl (C=O) groups is 2. The zero-order valence-electron chi connectivity index (χ0n) is 23.4. The normalized spacial score (nSPS) is 19.1. The number of aryl methyl sites for hydroxylation is 1. The minimum absolute atomic E-state index is 0.0169. The van der Waals surface area contributed by atoms with Crippen molar-refractivity contribution in [2.75, 3.05) is 11.5 Å². The second-order valence-corrected chi connectivity index (χ2v) is 11.3. The predicted molar refractivity (Wildman–Crippen MR) is 158 cm³/mol. The standard InChI is InChI=1S/C32H29N3O6S/c1-4-39-26-16-21(10-13-25(26)40-17-20-8-6-5-7-9-20)28-27(30(37)31(38)35(28)32-34-33-19(3)42-32)29(36)22-11-12-24-23(15-22)14-18(2)41-24/h5-13,15-16,18,28,36H,4,14,17H2,1-3H3/t18-,28+/m0/s1. The van der Waals surface area contributed by atoms with Gasteiger partial charge in [-0.25, -0.2) is 0 Å². The van der Waals surface area contributed by atoms with Crippen molar-refractivity contribution in [3.63, 3.8) is 0 Å². The van der Waals surface area contributed by atoms with Crippen LogP contribution in [0.4, 0.5) is 5.13 Å². The van der Waals surface area contributed by atoms with Gasteiger partial charge in [-0.1, -0.05) is 47.7 Å². The molecule has 2 aliphatic rings. The Morgan fingerprint density at radius 1 is 1.05 bits per heavy atom. The fourth-order valence-corrected chi connectivity index (χ4v) is 5.99. The van der Waals surface area contributed by atoms with Crippen molar-refractivity contribution >= 4 is 33.9 Å². The predicted octanol–water partition coefficient (Wildman–Crippen LogP) is 5.77. The summed E-state index contributed by atoms with van der Waals surface area (Å²) in [5.41, 5.74) is 2.86. The molecule has 0 saturated carbocycles. The molecule has 1 fully saturated rings. The van der Waals surface area contributed by atoms with Gasteiger partial charge in [-0.2, -0.15) is 0 Å². The Hall–Kier alpha value is -4.70. The van der Waals surface area contributed by atoms with E-state index < -0.39 is 17.7 Å². The molecule has 0 bridgehead atoms. The van der Waals surface area contributed by atoms with Gasteiger partial charge in [-0.3, -0.25) is 14.5 Å². The van der Waals surface area contributed by atoms with Crippen LogP contribution in [0.2, 0.25) is 0 Å². The van der Waals surface area contributed by atoms with Gasteiger partial charge < -0.3 is 19.3 Å². The zero-order valence-corrected chi connectivity index (χ0v) is 24.2. The van der Waals surface area contributed by atoms with E-state index in [1.54, 1.807) is 43.3 Å². The molecule has 2 aliphatic heterocycles. The van der Waals surface area contributed by atoms with E-state index in [0.29, 0.717) is 47.3 Å². The maximum Gasteiger partial charge on any atom is 0.301 e. The summed E-state index contributed by atoms with van der Waals surface area (Å²) in [4.78, 5) is 28.4. The molecule has 0 radical (unpaired) electrons. The molecule has 4 aromatic rings. The highest BCUT2D eigenvalue weighted by atomic mass is 32.1. The van der Waals surface area contributed by atoms with Crippen molar-refractivity contribution in [2.24, 2.45) is 0 Å². The van der Waals surface area contributed by atoms with Gasteiger partial charge in [0.2, 0.25) is 5.13 Å². The second kappa shape index (κ2) is 11.3. The lowest BCUT2D eigenvalue weighted by molar-refractivity contribution is -0.132. The Morgan fingerprint density at radius 3 is 2.60 bits per heavy atom. The summed E-state index contributed by atoms with van der Waals surface area (Å²) >= 11 is 1.19. The molecule has 9 nitrogen and oxygen atoms in total. The molecule has 0 aliphatic carbocycles. The van der Waals surface area contributed by atoms with Gasteiger partial charge in [0.15, 0.2) is 11.5 Å². The lowest BCUT2D eigenvalue weighted by Gasteiger charge is -2.24. The van der Waals surface area contributed by atoms with E-state index in [0.717, 1.165) is 16.9 Å². The average molecular weight is 584 g/mol. The van der Waals surface area contributed by atoms with Gasteiger partial charge in [0, 0.05) is 12.0 Å². The number of carbonyl (C=O) groups excluding carboxylic acids is 2. The van der Waals surface area contributed by atoms with E-state index in [4.69, 9.17) is 14.2 Å². The molecule has 1 amide bonds. The Bertz CT molecular complexity index is 1700. The molecule has 2 atom stereocenters. The van der Waals surface area contributed by atoms with Crippen LogP contribution < -0.4 is 19.1 Å². The van der Waals surface area contributed by atoms with Crippen molar-refractivity contribution in [2.45, 2.75) is 45.9 Å². The molecular weight excluding hydrogens is 554 g/mol. The number of fused-ring (bicyclic) bond motifs is 1. The van der Waals surface area contributed by atoms with Crippen LogP contribution in [-0.2, 0) is 22.6 Å². The molecule has 1 aromatic heterocycles. The van der Waals surface area contributed by atoms with E-state index in [1.807, 2.05) is 44.2 Å². The van der Waals surface area contributed by atoms with Crippen LogP contribution in [0.5, 0.6) is 17.2 Å². The summed E-state index contributed by atoms with van der Waals surface area (Å²) in [6.45, 7) is 6.31. The monoisotopic (exact) mass is 583 g/mol. The number of rotatable bonds is 8. The molecule has 6 rings (SSSR count). The molecule has 42 heavy (non-hydrogen) atoms. The topological polar surface area (TPSA) is 111 Å². The number of benzene rings is 3. The largest absolute Gasteiger partial charge is 0.507 e. The zero-order chi connectivity index (χ0) is 29.4. The number of aliphatic hydroxyl groups is 1. The lowest BCUT2D eigenvalue weighted by atomic mass is 9.94. The van der Waals surface area contributed by atoms with Crippen LogP contribution in [-0.4, -0.2) is 39.7 Å². The minimum Gasteiger partial charge on any atom is -0.507 e. The fourth-order valence-electron chi connectivity index (χ4n) is 5.27. The number of ketones is 1. The van der Waals surface area contributed by atoms with Gasteiger partial charge in [-0.05, 0) is 67.8 Å². The number of anilines is 1. The summed E-state index contributed by atoms with van der Waals surface area (Å²) in [7, 11) is 0. The first-order chi connectivity index (χ1) is 20.3. The van der Waals surface area contributed by atoms with Crippen LogP contribution >= 0.6 is 11.3 Å². The van der Waals surface area contributed by atoms with E-state index >= 15 is 0 Å². The third-order valence-corrected chi connectivity index (χ3v) is 7.99. The van der Waals surface area contributed by atoms with Crippen molar-refractivity contribution in [3.8, 4) is 17.2 Å². The number of hydrogen-bond acceptors (Lipinski definition) is 9. The Kier molecular flexibility index (Phi) is 7.38. The van der Waals surface area contributed by atoms with Gasteiger partial charge in [-0.15, -0.1) is 10.2 Å². The van der Waals surface area contributed by atoms with Crippen LogP contribution in [0.3, 0.4) is 0 Å². The van der Waals surface area contributed by atoms with Crippen LogP contribution in [0.15, 0.2) is 72.3 Å². The summed E-state index contributed by atoms with van der Waals surface area (Å²) < 4.78 is 17.8. The van der Waals surface area contributed by atoms with Crippen molar-refractivity contribution in [3.05, 3.63) is 99.6 Å². The maximum atomic E-state index is 13.6. The maximum absolute atomic E-state index is 13.6. The highest BCUT2D eigenvalue weighted by Gasteiger charge is 2.48. The number of aromatic nitrogens is 2. The van der Waals surface area contributed by atoms with E-state index in [-0.39, 0.29) is 22.6 Å². The van der Waals surface area contributed by atoms with Gasteiger partial charge in [0.05, 0.1) is 18.2 Å². The summed E-state index contributed by atoms with van der Waals surface area (Å²) in [5, 5.41) is 20.7. The summed E-state index contributed by atoms with van der Waals surface area (Å²) in [5.74, 6) is -0.162. The Labute approximate surface area is 247 Å². The first kappa shape index (κ1) is 27.5. The molecule has 1 N–H and O–H groups in total. The molecule has 10 heteroatoms. The molecule has 1 saturated heterocycles. The van der Waals surface area contributed by atoms with Gasteiger partial charge in [0.25, 0.3) is 5.78 Å². The molecule has 3 aromatic carbocycles. The first-order valence-electron chi connectivity index (χ1n) is 13.7. The van der Waals surface area contributed by atoms with Gasteiger partial charge in [0.1, 0.15) is 29.2 Å². The Morgan fingerprint density at radius 2 is 1.86 bits per heavy atom. The number of nitrogens with zero attached hydrogens (tertiary/aromatic N) is 3. The van der Waals surface area contributed by atoms with Crippen LogP contribution in [0.1, 0.15) is 47.2 Å². The molecule has 0 unspecified atom stereocenters. The van der Waals surface area contributed by atoms with E-state index in [2.05, 4.69) is 10.2 Å². The quantitative estimate of drug-likeness (QED) is 0.158. The smallest absolute Gasteiger partial charge is 0.301 e. The molecule has 3 heterocycles. The van der Waals surface area contributed by atoms with Crippen molar-refractivity contribution in [1.82, 2.24) is 10.2 Å². The van der Waals surface area contributed by atoms with Crippen molar-refractivity contribution < 1.29 is 28.9 Å². The summed E-state index contributed by atoms with van der Waals surface area (Å²) in [6.07, 6.45) is 0.698. The Balaban J connectivity index is 1.45. The number of amides is 1. The van der Waals surface area contributed by atoms with Crippen LogP contribution in [0, 0.1) is 6.92 Å². The molecular formula is C32H29N3O6S. The molecule has 214 valence electrons.